The van der Waals surface area contributed by atoms with Crippen LogP contribution < -0.4 is 4.74 Å². The molecule has 2 rings (SSSR count). The Kier molecular flexibility index (Phi) is 3.15. The van der Waals surface area contributed by atoms with Gasteiger partial charge in [-0.05, 0) is 13.8 Å². The first-order valence-corrected chi connectivity index (χ1v) is 5.74. The monoisotopic (exact) mass is 248 g/mol. The third kappa shape index (κ3) is 3.04. The van der Waals surface area contributed by atoms with Crippen LogP contribution in [0.2, 0.25) is 0 Å². The number of aromatic nitrogens is 2. The van der Waals surface area contributed by atoms with Gasteiger partial charge in [-0.15, -0.1) is 12.6 Å². The van der Waals surface area contributed by atoms with Gasteiger partial charge in [0.25, 0.3) is 5.19 Å². The molecule has 15 heavy (non-hydrogen) atoms. The summed E-state index contributed by atoms with van der Waals surface area (Å²) in [5.41, 5.74) is 0. The second-order valence-electron chi connectivity index (χ2n) is 3.62. The summed E-state index contributed by atoms with van der Waals surface area (Å²) in [7, 11) is 0. The van der Waals surface area contributed by atoms with Gasteiger partial charge in [0.15, 0.2) is 5.79 Å². The quantitative estimate of drug-likeness (QED) is 0.818. The molecule has 7 heteroatoms. The summed E-state index contributed by atoms with van der Waals surface area (Å²) in [5, 5.41) is 0.937. The Hall–Kier alpha value is -0.370. The van der Waals surface area contributed by atoms with Crippen LogP contribution in [0.4, 0.5) is 0 Å². The van der Waals surface area contributed by atoms with Gasteiger partial charge in [0, 0.05) is 11.5 Å². The summed E-state index contributed by atoms with van der Waals surface area (Å²) < 4.78 is 20.2. The van der Waals surface area contributed by atoms with Crippen molar-refractivity contribution >= 4 is 24.2 Å². The van der Waals surface area contributed by atoms with E-state index in [0.717, 1.165) is 0 Å². The first kappa shape index (κ1) is 11.1. The Labute approximate surface area is 97.3 Å². The zero-order chi connectivity index (χ0) is 10.9. The Morgan fingerprint density at radius 3 is 3.00 bits per heavy atom. The zero-order valence-electron chi connectivity index (χ0n) is 8.47. The lowest BCUT2D eigenvalue weighted by Crippen LogP contribution is -2.25. The molecule has 1 aliphatic heterocycles. The van der Waals surface area contributed by atoms with Gasteiger partial charge in [-0.25, -0.2) is 0 Å². The molecule has 0 amide bonds. The summed E-state index contributed by atoms with van der Waals surface area (Å²) in [6.45, 7) is 4.72. The largest absolute Gasteiger partial charge is 0.466 e. The smallest absolute Gasteiger partial charge is 0.294 e. The summed E-state index contributed by atoms with van der Waals surface area (Å²) in [4.78, 5) is 3.96. The van der Waals surface area contributed by atoms with E-state index in [4.69, 9.17) is 14.2 Å². The van der Waals surface area contributed by atoms with E-state index in [9.17, 15) is 0 Å². The predicted octanol–water partition coefficient (Wildman–Crippen LogP) is 1.36. The highest BCUT2D eigenvalue weighted by Crippen LogP contribution is 2.23. The van der Waals surface area contributed by atoms with Gasteiger partial charge in [0.2, 0.25) is 5.16 Å². The van der Waals surface area contributed by atoms with Crippen molar-refractivity contribution < 1.29 is 14.2 Å². The van der Waals surface area contributed by atoms with Crippen molar-refractivity contribution in [3.63, 3.8) is 0 Å². The highest BCUT2D eigenvalue weighted by atomic mass is 32.1. The summed E-state index contributed by atoms with van der Waals surface area (Å²) >= 11 is 5.16. The van der Waals surface area contributed by atoms with Crippen LogP contribution in [0.3, 0.4) is 0 Å². The predicted molar refractivity (Wildman–Crippen MR) is 57.6 cm³/mol. The fraction of sp³-hybridized carbons (Fsp3) is 0.750. The van der Waals surface area contributed by atoms with E-state index in [2.05, 4.69) is 22.0 Å². The van der Waals surface area contributed by atoms with Crippen molar-refractivity contribution in [2.24, 2.45) is 0 Å². The molecule has 0 saturated carbocycles. The SMILES string of the molecule is CC1(C)OCC(COc2nc(S)ns2)O1. The zero-order valence-corrected chi connectivity index (χ0v) is 10.2. The normalized spacial score (nSPS) is 24.3. The van der Waals surface area contributed by atoms with E-state index in [0.29, 0.717) is 23.6 Å². The van der Waals surface area contributed by atoms with Crippen molar-refractivity contribution in [2.45, 2.75) is 30.9 Å². The number of ether oxygens (including phenoxy) is 3. The minimum absolute atomic E-state index is 0.0488. The summed E-state index contributed by atoms with van der Waals surface area (Å²) in [6, 6.07) is 0. The third-order valence-corrected chi connectivity index (χ3v) is 2.82. The fourth-order valence-corrected chi connectivity index (χ4v) is 2.00. The minimum atomic E-state index is -0.510. The molecule has 0 bridgehead atoms. The molecular weight excluding hydrogens is 236 g/mol. The lowest BCUT2D eigenvalue weighted by Gasteiger charge is -2.16. The van der Waals surface area contributed by atoms with Gasteiger partial charge in [0.1, 0.15) is 12.7 Å². The van der Waals surface area contributed by atoms with E-state index >= 15 is 0 Å². The van der Waals surface area contributed by atoms with Gasteiger partial charge >= 0.3 is 0 Å². The Balaban J connectivity index is 1.80. The number of rotatable bonds is 3. The number of hydrogen-bond donors (Lipinski definition) is 1. The highest BCUT2D eigenvalue weighted by molar-refractivity contribution is 7.80. The fourth-order valence-electron chi connectivity index (χ4n) is 1.27. The first-order valence-electron chi connectivity index (χ1n) is 4.52. The third-order valence-electron chi connectivity index (χ3n) is 1.86. The maximum Gasteiger partial charge on any atom is 0.294 e. The van der Waals surface area contributed by atoms with Crippen LogP contribution in [0, 0.1) is 0 Å². The molecule has 1 atom stereocenters. The van der Waals surface area contributed by atoms with Crippen LogP contribution >= 0.6 is 24.2 Å². The molecule has 1 unspecified atom stereocenters. The number of hydrogen-bond acceptors (Lipinski definition) is 7. The van der Waals surface area contributed by atoms with Crippen LogP contribution in [0.5, 0.6) is 5.19 Å². The molecule has 0 aliphatic carbocycles. The molecule has 0 spiro atoms. The van der Waals surface area contributed by atoms with Crippen LogP contribution in [-0.2, 0) is 9.47 Å². The summed E-state index contributed by atoms with van der Waals surface area (Å²) in [6.07, 6.45) is -0.0488. The van der Waals surface area contributed by atoms with Crippen molar-refractivity contribution in [1.82, 2.24) is 9.36 Å². The van der Waals surface area contributed by atoms with E-state index in [1.165, 1.54) is 11.5 Å². The molecule has 1 fully saturated rings. The van der Waals surface area contributed by atoms with Gasteiger partial charge in [0.05, 0.1) is 6.61 Å². The van der Waals surface area contributed by atoms with E-state index in [-0.39, 0.29) is 6.10 Å². The second-order valence-corrected chi connectivity index (χ2v) is 4.74. The lowest BCUT2D eigenvalue weighted by molar-refractivity contribution is -0.141. The topological polar surface area (TPSA) is 53.5 Å². The lowest BCUT2D eigenvalue weighted by atomic mass is 10.4. The molecule has 0 N–H and O–H groups in total. The summed E-state index contributed by atoms with van der Waals surface area (Å²) in [5.74, 6) is -0.510. The molecule has 84 valence electrons. The Morgan fingerprint density at radius 2 is 2.47 bits per heavy atom. The van der Waals surface area contributed by atoms with Gasteiger partial charge < -0.3 is 14.2 Å². The molecule has 5 nitrogen and oxygen atoms in total. The first-order chi connectivity index (χ1) is 7.05. The average molecular weight is 248 g/mol. The molecular formula is C8H12N2O3S2. The van der Waals surface area contributed by atoms with Gasteiger partial charge in [-0.1, -0.05) is 0 Å². The van der Waals surface area contributed by atoms with Crippen molar-refractivity contribution in [3.05, 3.63) is 0 Å². The van der Waals surface area contributed by atoms with Crippen molar-refractivity contribution in [3.8, 4) is 5.19 Å². The average Bonchev–Trinajstić information content (AvgIpc) is 2.69. The van der Waals surface area contributed by atoms with Crippen molar-refractivity contribution in [2.75, 3.05) is 13.2 Å². The molecule has 0 aromatic carbocycles. The maximum absolute atomic E-state index is 5.57. The van der Waals surface area contributed by atoms with Crippen LogP contribution in [0.15, 0.2) is 5.16 Å². The molecule has 1 aliphatic rings. The van der Waals surface area contributed by atoms with Gasteiger partial charge in [-0.3, -0.25) is 0 Å². The minimum Gasteiger partial charge on any atom is -0.466 e. The van der Waals surface area contributed by atoms with Crippen molar-refractivity contribution in [1.29, 1.82) is 0 Å². The molecule has 1 aromatic heterocycles. The molecule has 1 saturated heterocycles. The van der Waals surface area contributed by atoms with Crippen LogP contribution in [0.1, 0.15) is 13.8 Å². The van der Waals surface area contributed by atoms with Crippen LogP contribution in [0.25, 0.3) is 0 Å². The Bertz CT molecular complexity index is 342. The molecule has 2 heterocycles. The number of nitrogens with zero attached hydrogens (tertiary/aromatic N) is 2. The van der Waals surface area contributed by atoms with E-state index in [1.54, 1.807) is 0 Å². The van der Waals surface area contributed by atoms with Gasteiger partial charge in [-0.2, -0.15) is 9.36 Å². The second kappa shape index (κ2) is 4.25. The molecule has 0 radical (unpaired) electrons. The Morgan fingerprint density at radius 1 is 1.67 bits per heavy atom. The highest BCUT2D eigenvalue weighted by Gasteiger charge is 2.33. The van der Waals surface area contributed by atoms with E-state index < -0.39 is 5.79 Å². The number of thiol groups is 1. The standard InChI is InChI=1S/C8H12N2O3S2/c1-8(2)12-4-5(13-8)3-11-7-9-6(14)10-15-7/h5H,3-4H2,1-2H3,(H,10,14). The molecule has 1 aromatic rings. The van der Waals surface area contributed by atoms with Crippen LogP contribution in [-0.4, -0.2) is 34.5 Å². The van der Waals surface area contributed by atoms with E-state index in [1.807, 2.05) is 13.8 Å². The maximum atomic E-state index is 5.57.